The van der Waals surface area contributed by atoms with Gasteiger partial charge >= 0.3 is 0 Å². The lowest BCUT2D eigenvalue weighted by Crippen LogP contribution is -2.37. The van der Waals surface area contributed by atoms with Crippen LogP contribution >= 0.6 is 11.6 Å². The van der Waals surface area contributed by atoms with E-state index < -0.39 is 0 Å². The summed E-state index contributed by atoms with van der Waals surface area (Å²) >= 11 is 5.68. The number of halogens is 1. The van der Waals surface area contributed by atoms with Gasteiger partial charge < -0.3 is 15.0 Å². The summed E-state index contributed by atoms with van der Waals surface area (Å²) in [5.41, 5.74) is 0. The predicted molar refractivity (Wildman–Crippen MR) is 71.5 cm³/mol. The third-order valence-corrected chi connectivity index (χ3v) is 3.09. The number of nitrogens with zero attached hydrogens (tertiary/aromatic N) is 1. The minimum atomic E-state index is 0.142. The number of hydrogen-bond donors (Lipinski definition) is 1. The Hall–Kier alpha value is -0.320. The van der Waals surface area contributed by atoms with Crippen LogP contribution in [0.1, 0.15) is 20.3 Å². The fourth-order valence-corrected chi connectivity index (χ4v) is 1.92. The summed E-state index contributed by atoms with van der Waals surface area (Å²) in [4.78, 5) is 12.6. The lowest BCUT2D eigenvalue weighted by Gasteiger charge is -2.25. The Kier molecular flexibility index (Phi) is 10.6. The van der Waals surface area contributed by atoms with Gasteiger partial charge in [-0.3, -0.25) is 4.79 Å². The van der Waals surface area contributed by atoms with Crippen molar-refractivity contribution < 1.29 is 9.53 Å². The Labute approximate surface area is 110 Å². The molecule has 0 rings (SSSR count). The molecule has 0 aliphatic heterocycles. The molecule has 0 aromatic carbocycles. The summed E-state index contributed by atoms with van der Waals surface area (Å²) < 4.78 is 5.45. The maximum Gasteiger partial charge on any atom is 0.207 e. The molecule has 0 saturated carbocycles. The number of ether oxygens (including phenoxy) is 1. The summed E-state index contributed by atoms with van der Waals surface area (Å²) in [5.74, 6) is 0.993. The summed E-state index contributed by atoms with van der Waals surface area (Å²) in [6.45, 7) is 7.25. The molecule has 0 aromatic heterocycles. The second kappa shape index (κ2) is 10.8. The molecule has 0 spiro atoms. The predicted octanol–water partition coefficient (Wildman–Crippen LogP) is 1.33. The van der Waals surface area contributed by atoms with E-state index in [4.69, 9.17) is 16.3 Å². The third-order valence-electron chi connectivity index (χ3n) is 2.92. The van der Waals surface area contributed by atoms with Gasteiger partial charge in [-0.25, -0.2) is 0 Å². The Morgan fingerprint density at radius 1 is 1.47 bits per heavy atom. The first-order chi connectivity index (χ1) is 8.15. The summed E-state index contributed by atoms with van der Waals surface area (Å²) in [6, 6.07) is 0.142. The van der Waals surface area contributed by atoms with Crippen molar-refractivity contribution in [3.05, 3.63) is 0 Å². The number of nitrogens with one attached hydrogen (secondary N) is 1. The Morgan fingerprint density at radius 3 is 2.71 bits per heavy atom. The molecule has 0 bridgehead atoms. The molecular formula is C12H25ClN2O2. The van der Waals surface area contributed by atoms with E-state index in [0.29, 0.717) is 25.0 Å². The van der Waals surface area contributed by atoms with Crippen molar-refractivity contribution in [1.29, 1.82) is 0 Å². The monoisotopic (exact) mass is 264 g/mol. The summed E-state index contributed by atoms with van der Waals surface area (Å²) in [7, 11) is 2.05. The molecule has 0 heterocycles. The van der Waals surface area contributed by atoms with Gasteiger partial charge in [0.15, 0.2) is 0 Å². The molecular weight excluding hydrogens is 240 g/mol. The maximum atomic E-state index is 10.5. The van der Waals surface area contributed by atoms with E-state index in [9.17, 15) is 4.79 Å². The van der Waals surface area contributed by atoms with E-state index in [1.165, 1.54) is 0 Å². The van der Waals surface area contributed by atoms with Crippen LogP contribution in [0.5, 0.6) is 0 Å². The quantitative estimate of drug-likeness (QED) is 0.452. The third kappa shape index (κ3) is 8.41. The molecule has 0 aliphatic carbocycles. The first kappa shape index (κ1) is 16.7. The largest absolute Gasteiger partial charge is 0.381 e. The van der Waals surface area contributed by atoms with E-state index in [1.54, 1.807) is 0 Å². The SMILES string of the molecule is CCOCC(CCN(C)CCCl)C(C)NC=O. The highest BCUT2D eigenvalue weighted by Gasteiger charge is 2.17. The van der Waals surface area contributed by atoms with Crippen LogP contribution in [0.25, 0.3) is 0 Å². The second-order valence-electron chi connectivity index (χ2n) is 4.27. The van der Waals surface area contributed by atoms with Gasteiger partial charge in [0.1, 0.15) is 0 Å². The van der Waals surface area contributed by atoms with Gasteiger partial charge in [-0.15, -0.1) is 11.6 Å². The van der Waals surface area contributed by atoms with Crippen LogP contribution in [0, 0.1) is 5.92 Å². The molecule has 2 unspecified atom stereocenters. The lowest BCUT2D eigenvalue weighted by atomic mass is 9.98. The number of rotatable bonds is 11. The summed E-state index contributed by atoms with van der Waals surface area (Å²) in [6.07, 6.45) is 1.75. The van der Waals surface area contributed by atoms with Crippen LogP contribution in [0.3, 0.4) is 0 Å². The molecule has 0 radical (unpaired) electrons. The molecule has 0 fully saturated rings. The zero-order chi connectivity index (χ0) is 13.1. The number of hydrogen-bond acceptors (Lipinski definition) is 3. The second-order valence-corrected chi connectivity index (χ2v) is 4.65. The van der Waals surface area contributed by atoms with E-state index >= 15 is 0 Å². The molecule has 2 atom stereocenters. The minimum Gasteiger partial charge on any atom is -0.381 e. The standard InChI is InChI=1S/C12H25ClN2O2/c1-4-17-9-12(11(2)14-10-16)5-7-15(3)8-6-13/h10-12H,4-9H2,1-3H3,(H,14,16). The average Bonchev–Trinajstić information content (AvgIpc) is 2.29. The number of amides is 1. The summed E-state index contributed by atoms with van der Waals surface area (Å²) in [5, 5.41) is 2.81. The highest BCUT2D eigenvalue weighted by molar-refractivity contribution is 6.18. The van der Waals surface area contributed by atoms with Crippen LogP contribution in [0.15, 0.2) is 0 Å². The molecule has 5 heteroatoms. The zero-order valence-corrected chi connectivity index (χ0v) is 11.9. The van der Waals surface area contributed by atoms with Crippen LogP contribution in [-0.4, -0.2) is 56.6 Å². The van der Waals surface area contributed by atoms with Crippen LogP contribution in [0.2, 0.25) is 0 Å². The first-order valence-electron chi connectivity index (χ1n) is 6.17. The lowest BCUT2D eigenvalue weighted by molar-refractivity contribution is -0.110. The van der Waals surface area contributed by atoms with Crippen LogP contribution < -0.4 is 5.32 Å². The van der Waals surface area contributed by atoms with Crippen molar-refractivity contribution >= 4 is 18.0 Å². The Morgan fingerprint density at radius 2 is 2.18 bits per heavy atom. The molecule has 0 saturated heterocycles. The smallest absolute Gasteiger partial charge is 0.207 e. The van der Waals surface area contributed by atoms with Crippen molar-refractivity contribution in [1.82, 2.24) is 10.2 Å². The molecule has 1 N–H and O–H groups in total. The molecule has 17 heavy (non-hydrogen) atoms. The van der Waals surface area contributed by atoms with E-state index in [1.807, 2.05) is 13.8 Å². The average molecular weight is 265 g/mol. The van der Waals surface area contributed by atoms with Gasteiger partial charge in [0.25, 0.3) is 0 Å². The van der Waals surface area contributed by atoms with Crippen molar-refractivity contribution in [3.63, 3.8) is 0 Å². The topological polar surface area (TPSA) is 41.6 Å². The van der Waals surface area contributed by atoms with Gasteiger partial charge in [0.2, 0.25) is 6.41 Å². The molecule has 1 amide bonds. The highest BCUT2D eigenvalue weighted by atomic mass is 35.5. The van der Waals surface area contributed by atoms with Crippen molar-refractivity contribution in [3.8, 4) is 0 Å². The number of alkyl halides is 1. The molecule has 0 aliphatic rings. The van der Waals surface area contributed by atoms with E-state index in [-0.39, 0.29) is 6.04 Å². The molecule has 0 aromatic rings. The van der Waals surface area contributed by atoms with Gasteiger partial charge in [0.05, 0.1) is 6.61 Å². The zero-order valence-electron chi connectivity index (χ0n) is 11.1. The fraction of sp³-hybridized carbons (Fsp3) is 0.917. The molecule has 102 valence electrons. The number of carbonyl (C=O) groups is 1. The van der Waals surface area contributed by atoms with Gasteiger partial charge in [-0.1, -0.05) is 0 Å². The highest BCUT2D eigenvalue weighted by Crippen LogP contribution is 2.10. The fourth-order valence-electron chi connectivity index (χ4n) is 1.63. The van der Waals surface area contributed by atoms with Crippen molar-refractivity contribution in [2.24, 2.45) is 5.92 Å². The Balaban J connectivity index is 4.03. The molecule has 4 nitrogen and oxygen atoms in total. The van der Waals surface area contributed by atoms with E-state index in [2.05, 4.69) is 17.3 Å². The van der Waals surface area contributed by atoms with Gasteiger partial charge in [-0.05, 0) is 33.9 Å². The first-order valence-corrected chi connectivity index (χ1v) is 6.71. The van der Waals surface area contributed by atoms with Crippen molar-refractivity contribution in [2.45, 2.75) is 26.3 Å². The van der Waals surface area contributed by atoms with Gasteiger partial charge in [0, 0.05) is 31.0 Å². The van der Waals surface area contributed by atoms with E-state index in [0.717, 1.165) is 25.9 Å². The van der Waals surface area contributed by atoms with Crippen molar-refractivity contribution in [2.75, 3.05) is 39.2 Å². The van der Waals surface area contributed by atoms with Gasteiger partial charge in [-0.2, -0.15) is 0 Å². The minimum absolute atomic E-state index is 0.142. The maximum absolute atomic E-state index is 10.5. The van der Waals surface area contributed by atoms with Crippen LogP contribution in [-0.2, 0) is 9.53 Å². The Bertz CT molecular complexity index is 193. The van der Waals surface area contributed by atoms with Crippen LogP contribution in [0.4, 0.5) is 0 Å². The normalized spacial score (nSPS) is 14.6. The number of carbonyl (C=O) groups excluding carboxylic acids is 1.